The summed E-state index contributed by atoms with van der Waals surface area (Å²) >= 11 is 5.99. The van der Waals surface area contributed by atoms with Crippen LogP contribution in [0.5, 0.6) is 0 Å². The molecule has 1 unspecified atom stereocenters. The van der Waals surface area contributed by atoms with Crippen molar-refractivity contribution < 1.29 is 9.21 Å². The number of halogens is 1. The number of carbonyl (C=O) groups is 1. The van der Waals surface area contributed by atoms with Gasteiger partial charge in [0.2, 0.25) is 11.5 Å². The fourth-order valence-corrected chi connectivity index (χ4v) is 3.23. The van der Waals surface area contributed by atoms with Crippen molar-refractivity contribution in [3.8, 4) is 0 Å². The summed E-state index contributed by atoms with van der Waals surface area (Å²) in [5.74, 6) is -0.304. The van der Waals surface area contributed by atoms with Gasteiger partial charge in [-0.3, -0.25) is 14.2 Å². The lowest BCUT2D eigenvalue weighted by Gasteiger charge is -2.15. The first kappa shape index (κ1) is 17.3. The summed E-state index contributed by atoms with van der Waals surface area (Å²) in [6.45, 7) is 1.71. The molecule has 4 aromatic rings. The average Bonchev–Trinajstić information content (AvgIpc) is 3.03. The molecule has 6 nitrogen and oxygen atoms in total. The van der Waals surface area contributed by atoms with Gasteiger partial charge in [0.1, 0.15) is 17.6 Å². The van der Waals surface area contributed by atoms with Gasteiger partial charge in [-0.1, -0.05) is 35.9 Å². The van der Waals surface area contributed by atoms with Gasteiger partial charge in [-0.15, -0.1) is 0 Å². The van der Waals surface area contributed by atoms with Crippen molar-refractivity contribution in [1.82, 2.24) is 14.9 Å². The molecule has 27 heavy (non-hydrogen) atoms. The van der Waals surface area contributed by atoms with E-state index in [1.54, 1.807) is 18.2 Å². The van der Waals surface area contributed by atoms with Crippen LogP contribution in [0.2, 0.25) is 5.02 Å². The monoisotopic (exact) mass is 381 g/mol. The van der Waals surface area contributed by atoms with Crippen molar-refractivity contribution in [2.45, 2.75) is 19.5 Å². The number of carbonyl (C=O) groups excluding carboxylic acids is 1. The second kappa shape index (κ2) is 6.89. The molecule has 7 heteroatoms. The molecule has 0 aliphatic heterocycles. The topological polar surface area (TPSA) is 77.1 Å². The zero-order chi connectivity index (χ0) is 19.0. The molecule has 0 aliphatic carbocycles. The average molecular weight is 382 g/mol. The van der Waals surface area contributed by atoms with Gasteiger partial charge in [0.15, 0.2) is 0 Å². The molecule has 0 radical (unpaired) electrons. The van der Waals surface area contributed by atoms with Gasteiger partial charge < -0.3 is 9.73 Å². The van der Waals surface area contributed by atoms with Gasteiger partial charge in [-0.2, -0.15) is 0 Å². The molecular weight excluding hydrogens is 366 g/mol. The lowest BCUT2D eigenvalue weighted by molar-refractivity contribution is -0.122. The standard InChI is InChI=1S/C20H16ClN3O3/c1-12(13-5-4-6-14(21)9-13)23-17(25)10-24-11-22-18-15-7-2-3-8-16(15)27-19(18)20(24)26/h2-9,11-12H,10H2,1H3,(H,23,25). The maximum atomic E-state index is 12.7. The zero-order valence-corrected chi connectivity index (χ0v) is 15.2. The molecule has 0 saturated carbocycles. The van der Waals surface area contributed by atoms with Crippen LogP contribution in [0.3, 0.4) is 0 Å². The maximum Gasteiger partial charge on any atom is 0.297 e. The van der Waals surface area contributed by atoms with E-state index in [9.17, 15) is 9.59 Å². The van der Waals surface area contributed by atoms with Gasteiger partial charge in [0.25, 0.3) is 5.56 Å². The summed E-state index contributed by atoms with van der Waals surface area (Å²) in [4.78, 5) is 29.3. The van der Waals surface area contributed by atoms with E-state index >= 15 is 0 Å². The van der Waals surface area contributed by atoms with Gasteiger partial charge in [0, 0.05) is 10.4 Å². The number of para-hydroxylation sites is 1. The van der Waals surface area contributed by atoms with Crippen LogP contribution < -0.4 is 10.9 Å². The highest BCUT2D eigenvalue weighted by atomic mass is 35.5. The predicted molar refractivity (Wildman–Crippen MR) is 104 cm³/mol. The van der Waals surface area contributed by atoms with Crippen LogP contribution in [0.1, 0.15) is 18.5 Å². The molecule has 136 valence electrons. The third kappa shape index (κ3) is 3.31. The van der Waals surface area contributed by atoms with Crippen molar-refractivity contribution in [2.75, 3.05) is 0 Å². The molecule has 0 bridgehead atoms. The number of nitrogens with one attached hydrogen (secondary N) is 1. The maximum absolute atomic E-state index is 12.7. The van der Waals surface area contributed by atoms with Gasteiger partial charge in [0.05, 0.1) is 12.4 Å². The first-order chi connectivity index (χ1) is 13.0. The van der Waals surface area contributed by atoms with E-state index in [2.05, 4.69) is 10.3 Å². The molecule has 0 fully saturated rings. The first-order valence-corrected chi connectivity index (χ1v) is 8.82. The Balaban J connectivity index is 1.58. The molecule has 1 atom stereocenters. The van der Waals surface area contributed by atoms with E-state index in [0.29, 0.717) is 16.1 Å². The van der Waals surface area contributed by atoms with Crippen molar-refractivity contribution in [2.24, 2.45) is 0 Å². The van der Waals surface area contributed by atoms with Crippen molar-refractivity contribution >= 4 is 39.6 Å². The van der Waals surface area contributed by atoms with E-state index in [1.807, 2.05) is 37.3 Å². The molecule has 0 spiro atoms. The highest BCUT2D eigenvalue weighted by molar-refractivity contribution is 6.30. The fraction of sp³-hybridized carbons (Fsp3) is 0.150. The number of fused-ring (bicyclic) bond motifs is 3. The molecule has 0 saturated heterocycles. The van der Waals surface area contributed by atoms with E-state index in [0.717, 1.165) is 10.9 Å². The second-order valence-corrected chi connectivity index (χ2v) is 6.73. The molecule has 1 N–H and O–H groups in total. The van der Waals surface area contributed by atoms with Crippen LogP contribution in [0, 0.1) is 0 Å². The number of aromatic nitrogens is 2. The number of hydrogen-bond donors (Lipinski definition) is 1. The normalized spacial score (nSPS) is 12.4. The SMILES string of the molecule is CC(NC(=O)Cn1cnc2c(oc3ccccc32)c1=O)c1cccc(Cl)c1. The quantitative estimate of drug-likeness (QED) is 0.585. The summed E-state index contributed by atoms with van der Waals surface area (Å²) in [7, 11) is 0. The van der Waals surface area contributed by atoms with Gasteiger partial charge in [-0.05, 0) is 36.8 Å². The zero-order valence-electron chi connectivity index (χ0n) is 14.5. The largest absolute Gasteiger partial charge is 0.448 e. The summed E-state index contributed by atoms with van der Waals surface area (Å²) in [6, 6.07) is 14.3. The molecule has 1 amide bonds. The number of hydrogen-bond acceptors (Lipinski definition) is 4. The minimum Gasteiger partial charge on any atom is -0.448 e. The summed E-state index contributed by atoms with van der Waals surface area (Å²) < 4.78 is 6.87. The highest BCUT2D eigenvalue weighted by Crippen LogP contribution is 2.24. The van der Waals surface area contributed by atoms with Gasteiger partial charge >= 0.3 is 0 Å². The van der Waals surface area contributed by atoms with Crippen LogP contribution in [-0.4, -0.2) is 15.5 Å². The number of benzene rings is 2. The van der Waals surface area contributed by atoms with E-state index < -0.39 is 0 Å². The van der Waals surface area contributed by atoms with E-state index in [1.165, 1.54) is 10.9 Å². The minimum atomic E-state index is -0.387. The fourth-order valence-electron chi connectivity index (χ4n) is 3.03. The minimum absolute atomic E-state index is 0.148. The number of amides is 1. The molecule has 2 aromatic carbocycles. The predicted octanol–water partition coefficient (Wildman–Crippen LogP) is 3.67. The third-order valence-corrected chi connectivity index (χ3v) is 4.63. The van der Waals surface area contributed by atoms with Crippen LogP contribution in [-0.2, 0) is 11.3 Å². The lowest BCUT2D eigenvalue weighted by Crippen LogP contribution is -2.33. The van der Waals surface area contributed by atoms with Crippen LogP contribution in [0.4, 0.5) is 0 Å². The van der Waals surface area contributed by atoms with Crippen molar-refractivity contribution in [1.29, 1.82) is 0 Å². The number of rotatable bonds is 4. The first-order valence-electron chi connectivity index (χ1n) is 8.44. The molecule has 2 heterocycles. The van der Waals surface area contributed by atoms with E-state index in [-0.39, 0.29) is 29.6 Å². The Labute approximate surface area is 159 Å². The second-order valence-electron chi connectivity index (χ2n) is 6.30. The Kier molecular flexibility index (Phi) is 4.41. The number of furan rings is 1. The third-order valence-electron chi connectivity index (χ3n) is 4.39. The molecule has 0 aliphatic rings. The van der Waals surface area contributed by atoms with Crippen LogP contribution in [0.25, 0.3) is 22.1 Å². The Bertz CT molecular complexity index is 1210. The highest BCUT2D eigenvalue weighted by Gasteiger charge is 2.16. The molecular formula is C20H16ClN3O3. The summed E-state index contributed by atoms with van der Waals surface area (Å²) in [5, 5.41) is 4.23. The lowest BCUT2D eigenvalue weighted by atomic mass is 10.1. The number of nitrogens with zero attached hydrogens (tertiary/aromatic N) is 2. The summed E-state index contributed by atoms with van der Waals surface area (Å²) in [5.41, 5.74) is 1.73. The smallest absolute Gasteiger partial charge is 0.297 e. The Morgan fingerprint density at radius 2 is 2.07 bits per heavy atom. The molecule has 2 aromatic heterocycles. The van der Waals surface area contributed by atoms with Crippen molar-refractivity contribution in [3.05, 3.63) is 75.8 Å². The Morgan fingerprint density at radius 3 is 2.89 bits per heavy atom. The Morgan fingerprint density at radius 1 is 1.26 bits per heavy atom. The van der Waals surface area contributed by atoms with Crippen molar-refractivity contribution in [3.63, 3.8) is 0 Å². The van der Waals surface area contributed by atoms with Crippen LogP contribution in [0.15, 0.2) is 64.1 Å². The van der Waals surface area contributed by atoms with Gasteiger partial charge in [-0.25, -0.2) is 4.98 Å². The van der Waals surface area contributed by atoms with E-state index in [4.69, 9.17) is 16.0 Å². The summed E-state index contributed by atoms with van der Waals surface area (Å²) in [6.07, 6.45) is 1.37. The molecule has 4 rings (SSSR count). The van der Waals surface area contributed by atoms with Crippen LogP contribution >= 0.6 is 11.6 Å². The Hall–Kier alpha value is -3.12.